The molecule has 2 aliphatic heterocycles. The predicted molar refractivity (Wildman–Crippen MR) is 123 cm³/mol. The summed E-state index contributed by atoms with van der Waals surface area (Å²) in [5, 5.41) is 0. The standard InChI is InChI=1S/C25H36F3N3O3/c1-18(32)15-21-7-9-29(10-8-21)16-22-5-4-6-23(19(22)2)17-30-11-13-31(14-12-30)24(33)34-20(3)25(26,27)28/h4-6,20-21H,7-17H2,1-3H3. The molecule has 2 fully saturated rings. The van der Waals surface area contributed by atoms with Crippen molar-refractivity contribution in [1.29, 1.82) is 0 Å². The number of benzene rings is 1. The Morgan fingerprint density at radius 3 is 2.03 bits per heavy atom. The quantitative estimate of drug-likeness (QED) is 0.576. The van der Waals surface area contributed by atoms with Gasteiger partial charge in [0.1, 0.15) is 5.78 Å². The third-order valence-corrected chi connectivity index (χ3v) is 7.00. The molecule has 34 heavy (non-hydrogen) atoms. The van der Waals surface area contributed by atoms with Crippen molar-refractivity contribution in [2.75, 3.05) is 39.3 Å². The Morgan fingerprint density at radius 1 is 1.00 bits per heavy atom. The molecule has 2 heterocycles. The van der Waals surface area contributed by atoms with E-state index < -0.39 is 18.4 Å². The summed E-state index contributed by atoms with van der Waals surface area (Å²) in [5.74, 6) is 0.782. The SMILES string of the molecule is CC(=O)CC1CCN(Cc2cccc(CN3CCN(C(=O)OC(C)C(F)(F)F)CC3)c2C)CC1. The topological polar surface area (TPSA) is 53.1 Å². The summed E-state index contributed by atoms with van der Waals surface area (Å²) < 4.78 is 42.5. The van der Waals surface area contributed by atoms with Crippen LogP contribution in [0.5, 0.6) is 0 Å². The molecule has 6 nitrogen and oxygen atoms in total. The summed E-state index contributed by atoms with van der Waals surface area (Å²) in [4.78, 5) is 29.4. The van der Waals surface area contributed by atoms with Crippen LogP contribution in [-0.2, 0) is 22.6 Å². The number of piperidine rings is 1. The minimum Gasteiger partial charge on any atom is -0.437 e. The van der Waals surface area contributed by atoms with E-state index in [9.17, 15) is 22.8 Å². The Morgan fingerprint density at radius 2 is 1.53 bits per heavy atom. The molecule has 0 aromatic heterocycles. The lowest BCUT2D eigenvalue weighted by Crippen LogP contribution is -2.49. The van der Waals surface area contributed by atoms with E-state index in [2.05, 4.69) is 39.7 Å². The van der Waals surface area contributed by atoms with E-state index in [-0.39, 0.29) is 5.78 Å². The Hall–Kier alpha value is -2.13. The van der Waals surface area contributed by atoms with Crippen LogP contribution >= 0.6 is 0 Å². The fraction of sp³-hybridized carbons (Fsp3) is 0.680. The van der Waals surface area contributed by atoms with Gasteiger partial charge in [-0.1, -0.05) is 18.2 Å². The van der Waals surface area contributed by atoms with Gasteiger partial charge in [0.2, 0.25) is 0 Å². The van der Waals surface area contributed by atoms with Gasteiger partial charge in [0.05, 0.1) is 0 Å². The van der Waals surface area contributed by atoms with Crippen LogP contribution in [0.1, 0.15) is 49.8 Å². The number of ketones is 1. The Bertz CT molecular complexity index is 846. The van der Waals surface area contributed by atoms with Gasteiger partial charge in [0, 0.05) is 45.7 Å². The van der Waals surface area contributed by atoms with Gasteiger partial charge in [-0.25, -0.2) is 4.79 Å². The molecule has 1 amide bonds. The second-order valence-corrected chi connectivity index (χ2v) is 9.66. The summed E-state index contributed by atoms with van der Waals surface area (Å²) in [6, 6.07) is 6.35. The first-order valence-electron chi connectivity index (χ1n) is 12.1. The molecular formula is C25H36F3N3O3. The van der Waals surface area contributed by atoms with E-state index in [1.54, 1.807) is 6.92 Å². The number of halogens is 3. The number of hydrogen-bond acceptors (Lipinski definition) is 5. The van der Waals surface area contributed by atoms with Crippen molar-refractivity contribution < 1.29 is 27.5 Å². The number of piperazine rings is 1. The first kappa shape index (κ1) is 26.5. The van der Waals surface area contributed by atoms with E-state index >= 15 is 0 Å². The van der Waals surface area contributed by atoms with Crippen molar-refractivity contribution in [3.63, 3.8) is 0 Å². The van der Waals surface area contributed by atoms with Crippen molar-refractivity contribution >= 4 is 11.9 Å². The molecule has 0 N–H and O–H groups in total. The van der Waals surface area contributed by atoms with Crippen LogP contribution in [0, 0.1) is 12.8 Å². The summed E-state index contributed by atoms with van der Waals surface area (Å²) in [7, 11) is 0. The highest BCUT2D eigenvalue weighted by molar-refractivity contribution is 5.75. The lowest BCUT2D eigenvalue weighted by atomic mass is 9.91. The lowest BCUT2D eigenvalue weighted by Gasteiger charge is -2.35. The number of Topliss-reactive ketones (excluding diaryl/α,β-unsaturated/α-hetero) is 1. The molecule has 2 saturated heterocycles. The maximum absolute atomic E-state index is 12.6. The minimum absolute atomic E-state index is 0.274. The summed E-state index contributed by atoms with van der Waals surface area (Å²) >= 11 is 0. The third-order valence-electron chi connectivity index (χ3n) is 7.00. The summed E-state index contributed by atoms with van der Waals surface area (Å²) in [6.45, 7) is 10.2. The molecular weight excluding hydrogens is 447 g/mol. The Kier molecular flexibility index (Phi) is 8.98. The fourth-order valence-electron chi connectivity index (χ4n) is 4.70. The van der Waals surface area contributed by atoms with Gasteiger partial charge in [-0.2, -0.15) is 13.2 Å². The van der Waals surface area contributed by atoms with E-state index in [4.69, 9.17) is 0 Å². The number of ether oxygens (including phenoxy) is 1. The van der Waals surface area contributed by atoms with Crippen LogP contribution in [0.25, 0.3) is 0 Å². The smallest absolute Gasteiger partial charge is 0.425 e. The average molecular weight is 484 g/mol. The second kappa shape index (κ2) is 11.5. The molecule has 0 saturated carbocycles. The molecule has 1 atom stereocenters. The van der Waals surface area contributed by atoms with Gasteiger partial charge in [-0.3, -0.25) is 9.80 Å². The number of hydrogen-bond donors (Lipinski definition) is 0. The zero-order valence-corrected chi connectivity index (χ0v) is 20.4. The number of likely N-dealkylation sites (tertiary alicyclic amines) is 1. The van der Waals surface area contributed by atoms with Crippen molar-refractivity contribution in [2.24, 2.45) is 5.92 Å². The zero-order valence-electron chi connectivity index (χ0n) is 20.4. The van der Waals surface area contributed by atoms with Gasteiger partial charge in [-0.15, -0.1) is 0 Å². The highest BCUT2D eigenvalue weighted by atomic mass is 19.4. The first-order chi connectivity index (χ1) is 16.0. The number of amides is 1. The molecule has 3 rings (SSSR count). The molecule has 1 aromatic carbocycles. The molecule has 0 spiro atoms. The van der Waals surface area contributed by atoms with Gasteiger partial charge in [0.25, 0.3) is 0 Å². The number of carbonyl (C=O) groups excluding carboxylic acids is 2. The second-order valence-electron chi connectivity index (χ2n) is 9.66. The molecule has 0 bridgehead atoms. The molecule has 1 aromatic rings. The van der Waals surface area contributed by atoms with Crippen LogP contribution in [0.15, 0.2) is 18.2 Å². The van der Waals surface area contributed by atoms with Crippen molar-refractivity contribution in [2.45, 2.75) is 65.4 Å². The lowest BCUT2D eigenvalue weighted by molar-refractivity contribution is -0.200. The monoisotopic (exact) mass is 483 g/mol. The molecule has 190 valence electrons. The van der Waals surface area contributed by atoms with Crippen molar-refractivity contribution in [3.05, 3.63) is 34.9 Å². The normalized spacial score (nSPS) is 19.8. The minimum atomic E-state index is -4.55. The molecule has 0 aliphatic carbocycles. The van der Waals surface area contributed by atoms with Crippen LogP contribution in [-0.4, -0.2) is 78.1 Å². The largest absolute Gasteiger partial charge is 0.437 e. The van der Waals surface area contributed by atoms with Crippen molar-refractivity contribution in [1.82, 2.24) is 14.7 Å². The van der Waals surface area contributed by atoms with Crippen LogP contribution in [0.4, 0.5) is 18.0 Å². The number of carbonyl (C=O) groups is 2. The van der Waals surface area contributed by atoms with Gasteiger partial charge < -0.3 is 14.4 Å². The van der Waals surface area contributed by atoms with Crippen LogP contribution in [0.3, 0.4) is 0 Å². The van der Waals surface area contributed by atoms with Gasteiger partial charge in [0.15, 0.2) is 6.10 Å². The van der Waals surface area contributed by atoms with E-state index in [1.165, 1.54) is 21.6 Å². The first-order valence-corrected chi connectivity index (χ1v) is 12.1. The zero-order chi connectivity index (χ0) is 24.9. The molecule has 9 heteroatoms. The van der Waals surface area contributed by atoms with E-state index in [1.807, 2.05) is 0 Å². The van der Waals surface area contributed by atoms with Crippen LogP contribution in [0.2, 0.25) is 0 Å². The maximum Gasteiger partial charge on any atom is 0.425 e. The van der Waals surface area contributed by atoms with Gasteiger partial charge in [-0.05, 0) is 69.3 Å². The highest BCUT2D eigenvalue weighted by Gasteiger charge is 2.40. The maximum atomic E-state index is 12.6. The Labute approximate surface area is 200 Å². The number of rotatable bonds is 7. The van der Waals surface area contributed by atoms with Crippen molar-refractivity contribution in [3.8, 4) is 0 Å². The highest BCUT2D eigenvalue weighted by Crippen LogP contribution is 2.25. The predicted octanol–water partition coefficient (Wildman–Crippen LogP) is 4.39. The van der Waals surface area contributed by atoms with Gasteiger partial charge >= 0.3 is 12.3 Å². The molecule has 0 radical (unpaired) electrons. The average Bonchev–Trinajstić information content (AvgIpc) is 2.77. The summed E-state index contributed by atoms with van der Waals surface area (Å²) in [5.41, 5.74) is 3.78. The Balaban J connectivity index is 1.48. The molecule has 2 aliphatic rings. The van der Waals surface area contributed by atoms with E-state index in [0.29, 0.717) is 38.5 Å². The third kappa shape index (κ3) is 7.43. The summed E-state index contributed by atoms with van der Waals surface area (Å²) in [6.07, 6.45) is -4.75. The van der Waals surface area contributed by atoms with E-state index in [0.717, 1.165) is 45.9 Å². The number of nitrogens with zero attached hydrogens (tertiary/aromatic N) is 3. The number of alkyl halides is 3. The van der Waals surface area contributed by atoms with Crippen LogP contribution < -0.4 is 0 Å². The fourth-order valence-corrected chi connectivity index (χ4v) is 4.70. The molecule has 1 unspecified atom stereocenters.